The lowest BCUT2D eigenvalue weighted by atomic mass is 9.76. The molecule has 6 rings (SSSR count). The van der Waals surface area contributed by atoms with Crippen LogP contribution in [0.4, 0.5) is 0 Å². The predicted octanol–water partition coefficient (Wildman–Crippen LogP) is 4.45. The summed E-state index contributed by atoms with van der Waals surface area (Å²) in [5, 5.41) is 16.0. The van der Waals surface area contributed by atoms with Gasteiger partial charge in [-0.2, -0.15) is 0 Å². The summed E-state index contributed by atoms with van der Waals surface area (Å²) in [6.07, 6.45) is 5.51. The summed E-state index contributed by atoms with van der Waals surface area (Å²) < 4.78 is 0. The zero-order valence-electron chi connectivity index (χ0n) is 21.1. The standard InChI is InChI=1S/C33H26N2O4/c1-2-18-35-30(36)27-28(31(35)37)33(32(38)39,20-21-12-13-23-10-6-7-11-26(23)19-21)34-29(27)25-16-14-24(15-17-25)22-8-4-3-5-9-22/h1,3-17,19,27-29,34H,18,20H2,(H,38,39). The Morgan fingerprint density at radius 2 is 1.54 bits per heavy atom. The second-order valence-electron chi connectivity index (χ2n) is 10.2. The van der Waals surface area contributed by atoms with E-state index in [1.54, 1.807) is 0 Å². The lowest BCUT2D eigenvalue weighted by Gasteiger charge is -2.31. The lowest BCUT2D eigenvalue weighted by molar-refractivity contribution is -0.151. The Morgan fingerprint density at radius 1 is 0.872 bits per heavy atom. The van der Waals surface area contributed by atoms with E-state index in [1.807, 2.05) is 97.1 Å². The van der Waals surface area contributed by atoms with Gasteiger partial charge in [-0.05, 0) is 33.0 Å². The van der Waals surface area contributed by atoms with Crippen LogP contribution in [0.15, 0.2) is 97.1 Å². The number of rotatable bonds is 6. The van der Waals surface area contributed by atoms with Gasteiger partial charge in [0, 0.05) is 12.5 Å². The highest BCUT2D eigenvalue weighted by Crippen LogP contribution is 2.50. The van der Waals surface area contributed by atoms with Crippen LogP contribution in [-0.4, -0.2) is 39.9 Å². The van der Waals surface area contributed by atoms with Crippen molar-refractivity contribution in [2.75, 3.05) is 6.54 Å². The molecule has 192 valence electrons. The number of carbonyl (C=O) groups is 3. The van der Waals surface area contributed by atoms with E-state index in [-0.39, 0.29) is 13.0 Å². The predicted molar refractivity (Wildman–Crippen MR) is 148 cm³/mol. The Balaban J connectivity index is 1.43. The fourth-order valence-corrected chi connectivity index (χ4v) is 6.22. The van der Waals surface area contributed by atoms with E-state index in [1.165, 1.54) is 0 Å². The highest BCUT2D eigenvalue weighted by atomic mass is 16.4. The number of imide groups is 1. The van der Waals surface area contributed by atoms with E-state index in [0.29, 0.717) is 0 Å². The summed E-state index contributed by atoms with van der Waals surface area (Å²) in [7, 11) is 0. The average molecular weight is 515 g/mol. The van der Waals surface area contributed by atoms with E-state index in [0.717, 1.165) is 37.9 Å². The molecule has 4 aromatic carbocycles. The number of hydrogen-bond donors (Lipinski definition) is 2. The highest BCUT2D eigenvalue weighted by Gasteiger charge is 2.68. The van der Waals surface area contributed by atoms with E-state index < -0.39 is 41.2 Å². The minimum atomic E-state index is -1.69. The quantitative estimate of drug-likeness (QED) is 0.293. The molecule has 0 radical (unpaired) electrons. The van der Waals surface area contributed by atoms with Crippen LogP contribution in [0, 0.1) is 24.2 Å². The van der Waals surface area contributed by atoms with Gasteiger partial charge in [0.25, 0.3) is 0 Å². The Morgan fingerprint density at radius 3 is 2.23 bits per heavy atom. The molecule has 2 heterocycles. The summed E-state index contributed by atoms with van der Waals surface area (Å²) >= 11 is 0. The lowest BCUT2D eigenvalue weighted by Crippen LogP contribution is -2.57. The number of nitrogens with one attached hydrogen (secondary N) is 1. The smallest absolute Gasteiger partial charge is 0.325 e. The maximum absolute atomic E-state index is 13.6. The summed E-state index contributed by atoms with van der Waals surface area (Å²) in [5.74, 6) is -1.74. The van der Waals surface area contributed by atoms with Crippen LogP contribution in [0.3, 0.4) is 0 Å². The normalized spacial score (nSPS) is 24.1. The number of fused-ring (bicyclic) bond motifs is 2. The van der Waals surface area contributed by atoms with Crippen LogP contribution in [0.1, 0.15) is 17.2 Å². The number of nitrogens with zero attached hydrogens (tertiary/aromatic N) is 1. The minimum Gasteiger partial charge on any atom is -0.480 e. The van der Waals surface area contributed by atoms with Crippen LogP contribution in [0.25, 0.3) is 21.9 Å². The van der Waals surface area contributed by atoms with E-state index in [9.17, 15) is 19.5 Å². The number of amides is 2. The van der Waals surface area contributed by atoms with Gasteiger partial charge in [-0.15, -0.1) is 6.42 Å². The third kappa shape index (κ3) is 3.99. The molecule has 4 aromatic rings. The van der Waals surface area contributed by atoms with E-state index in [4.69, 9.17) is 6.42 Å². The number of carboxylic acids is 1. The van der Waals surface area contributed by atoms with Crippen LogP contribution < -0.4 is 5.32 Å². The first-order chi connectivity index (χ1) is 18.9. The Labute approximate surface area is 226 Å². The van der Waals surface area contributed by atoms with Crippen molar-refractivity contribution in [3.63, 3.8) is 0 Å². The number of carbonyl (C=O) groups excluding carboxylic acids is 2. The molecule has 2 amide bonds. The molecule has 0 spiro atoms. The molecule has 4 atom stereocenters. The van der Waals surface area contributed by atoms with Gasteiger partial charge in [0.2, 0.25) is 11.8 Å². The third-order valence-electron chi connectivity index (χ3n) is 8.05. The average Bonchev–Trinajstić information content (AvgIpc) is 3.43. The number of aliphatic carboxylic acids is 1. The number of carboxylic acid groups (broad SMARTS) is 1. The van der Waals surface area contributed by atoms with Crippen molar-refractivity contribution in [3.8, 4) is 23.5 Å². The molecule has 39 heavy (non-hydrogen) atoms. The Hall–Kier alpha value is -4.73. The van der Waals surface area contributed by atoms with Gasteiger partial charge in [-0.1, -0.05) is 103 Å². The fraction of sp³-hybridized carbons (Fsp3) is 0.182. The first-order valence-corrected chi connectivity index (χ1v) is 12.9. The van der Waals surface area contributed by atoms with Crippen molar-refractivity contribution in [1.29, 1.82) is 0 Å². The maximum Gasteiger partial charge on any atom is 0.325 e. The van der Waals surface area contributed by atoms with Crippen molar-refractivity contribution < 1.29 is 19.5 Å². The van der Waals surface area contributed by atoms with Gasteiger partial charge in [0.05, 0.1) is 18.4 Å². The second-order valence-corrected chi connectivity index (χ2v) is 10.2. The molecule has 0 saturated carbocycles. The molecule has 2 aliphatic rings. The molecule has 2 fully saturated rings. The molecular formula is C33H26N2O4. The number of likely N-dealkylation sites (tertiary alicyclic amines) is 1. The molecular weight excluding hydrogens is 488 g/mol. The largest absolute Gasteiger partial charge is 0.480 e. The molecule has 4 unspecified atom stereocenters. The van der Waals surface area contributed by atoms with Crippen molar-refractivity contribution in [1.82, 2.24) is 10.2 Å². The van der Waals surface area contributed by atoms with E-state index in [2.05, 4.69) is 11.2 Å². The fourth-order valence-electron chi connectivity index (χ4n) is 6.22. The first kappa shape index (κ1) is 24.6. The number of benzene rings is 4. The van der Waals surface area contributed by atoms with Crippen molar-refractivity contribution in [3.05, 3.63) is 108 Å². The highest BCUT2D eigenvalue weighted by molar-refractivity contribution is 6.09. The SMILES string of the molecule is C#CCN1C(=O)C2C(c3ccc(-c4ccccc4)cc3)NC(Cc3ccc4ccccc4c3)(C(=O)O)C2C1=O. The Bertz CT molecular complexity index is 1640. The number of hydrogen-bond acceptors (Lipinski definition) is 4. The maximum atomic E-state index is 13.6. The van der Waals surface area contributed by atoms with Gasteiger partial charge >= 0.3 is 5.97 Å². The summed E-state index contributed by atoms with van der Waals surface area (Å²) in [6, 6.07) is 30.5. The van der Waals surface area contributed by atoms with Crippen LogP contribution >= 0.6 is 0 Å². The Kier molecular flexibility index (Phi) is 6.02. The molecule has 0 aliphatic carbocycles. The molecule has 6 heteroatoms. The van der Waals surface area contributed by atoms with Gasteiger partial charge in [-0.25, -0.2) is 0 Å². The van der Waals surface area contributed by atoms with E-state index >= 15 is 0 Å². The van der Waals surface area contributed by atoms with Crippen molar-refractivity contribution in [2.24, 2.45) is 11.8 Å². The van der Waals surface area contributed by atoms with Gasteiger partial charge in [0.1, 0.15) is 5.54 Å². The molecule has 0 aromatic heterocycles. The molecule has 6 nitrogen and oxygen atoms in total. The van der Waals surface area contributed by atoms with Crippen LogP contribution in [0.2, 0.25) is 0 Å². The first-order valence-electron chi connectivity index (χ1n) is 12.9. The van der Waals surface area contributed by atoms with Gasteiger partial charge < -0.3 is 5.11 Å². The van der Waals surface area contributed by atoms with Gasteiger partial charge in [0.15, 0.2) is 0 Å². The summed E-state index contributed by atoms with van der Waals surface area (Å²) in [4.78, 5) is 41.3. The monoisotopic (exact) mass is 514 g/mol. The van der Waals surface area contributed by atoms with Crippen molar-refractivity contribution >= 4 is 28.6 Å². The zero-order valence-corrected chi connectivity index (χ0v) is 21.1. The summed E-state index contributed by atoms with van der Waals surface area (Å²) in [6.45, 7) is -0.185. The topological polar surface area (TPSA) is 86.7 Å². The zero-order chi connectivity index (χ0) is 27.1. The molecule has 0 bridgehead atoms. The summed E-state index contributed by atoms with van der Waals surface area (Å²) in [5.41, 5.74) is 1.86. The molecule has 2 saturated heterocycles. The molecule has 2 aliphatic heterocycles. The van der Waals surface area contributed by atoms with Crippen LogP contribution in [-0.2, 0) is 20.8 Å². The third-order valence-corrected chi connectivity index (χ3v) is 8.05. The molecule has 2 N–H and O–H groups in total. The van der Waals surface area contributed by atoms with Crippen molar-refractivity contribution in [2.45, 2.75) is 18.0 Å². The van der Waals surface area contributed by atoms with Gasteiger partial charge in [-0.3, -0.25) is 24.6 Å². The van der Waals surface area contributed by atoms with Crippen LogP contribution in [0.5, 0.6) is 0 Å². The second kappa shape index (κ2) is 9.54. The minimum absolute atomic E-state index is 0.0375. The number of terminal acetylenes is 1.